The zero-order chi connectivity index (χ0) is 11.4. The van der Waals surface area contributed by atoms with Crippen molar-refractivity contribution in [3.05, 3.63) is 41.5 Å². The van der Waals surface area contributed by atoms with Crippen molar-refractivity contribution < 1.29 is 5.11 Å². The third-order valence-electron chi connectivity index (χ3n) is 2.35. The predicted molar refractivity (Wildman–Crippen MR) is 66.4 cm³/mol. The molecule has 0 atom stereocenters. The molecule has 2 rings (SSSR count). The standard InChI is InChI=1S/C12H12O.C2H6/c1-8-3-6-11-10(7-8)5-4-9(2)12(11)13;1-2/h3-7,13H,1-2H3;1-2H3. The first-order valence-electron chi connectivity index (χ1n) is 5.37. The Morgan fingerprint density at radius 2 is 1.60 bits per heavy atom. The molecular formula is C14H18O. The molecule has 1 N–H and O–H groups in total. The Hall–Kier alpha value is -1.50. The Morgan fingerprint density at radius 1 is 0.933 bits per heavy atom. The molecule has 0 aliphatic heterocycles. The maximum absolute atomic E-state index is 9.75. The van der Waals surface area contributed by atoms with Gasteiger partial charge in [-0.3, -0.25) is 0 Å². The molecule has 0 unspecified atom stereocenters. The topological polar surface area (TPSA) is 20.2 Å². The molecular weight excluding hydrogens is 184 g/mol. The molecule has 0 amide bonds. The van der Waals surface area contributed by atoms with Crippen LogP contribution in [0.25, 0.3) is 10.8 Å². The number of aryl methyl sites for hydroxylation is 2. The van der Waals surface area contributed by atoms with E-state index in [-0.39, 0.29) is 0 Å². The third-order valence-corrected chi connectivity index (χ3v) is 2.35. The molecule has 1 heteroatoms. The Morgan fingerprint density at radius 3 is 2.27 bits per heavy atom. The highest BCUT2D eigenvalue weighted by Gasteiger charge is 2.01. The minimum absolute atomic E-state index is 0.400. The molecule has 2 aromatic rings. The van der Waals surface area contributed by atoms with Gasteiger partial charge in [0, 0.05) is 5.39 Å². The summed E-state index contributed by atoms with van der Waals surface area (Å²) in [6.07, 6.45) is 0. The number of benzene rings is 2. The molecule has 80 valence electrons. The molecule has 0 spiro atoms. The first-order valence-corrected chi connectivity index (χ1v) is 5.37. The van der Waals surface area contributed by atoms with Crippen molar-refractivity contribution in [2.24, 2.45) is 0 Å². The summed E-state index contributed by atoms with van der Waals surface area (Å²) in [4.78, 5) is 0. The van der Waals surface area contributed by atoms with Crippen LogP contribution in [0.1, 0.15) is 25.0 Å². The van der Waals surface area contributed by atoms with Gasteiger partial charge >= 0.3 is 0 Å². The van der Waals surface area contributed by atoms with Gasteiger partial charge in [0.25, 0.3) is 0 Å². The van der Waals surface area contributed by atoms with Crippen molar-refractivity contribution in [1.29, 1.82) is 0 Å². The largest absolute Gasteiger partial charge is 0.507 e. The van der Waals surface area contributed by atoms with Crippen molar-refractivity contribution in [2.45, 2.75) is 27.7 Å². The van der Waals surface area contributed by atoms with Gasteiger partial charge in [0.2, 0.25) is 0 Å². The number of rotatable bonds is 0. The van der Waals surface area contributed by atoms with Crippen molar-refractivity contribution in [3.63, 3.8) is 0 Å². The molecule has 0 aromatic heterocycles. The summed E-state index contributed by atoms with van der Waals surface area (Å²) in [5.41, 5.74) is 2.15. The van der Waals surface area contributed by atoms with Gasteiger partial charge in [-0.05, 0) is 24.8 Å². The van der Waals surface area contributed by atoms with Crippen LogP contribution in [-0.4, -0.2) is 5.11 Å². The highest BCUT2D eigenvalue weighted by Crippen LogP contribution is 2.28. The lowest BCUT2D eigenvalue weighted by Gasteiger charge is -2.04. The molecule has 0 aliphatic rings. The zero-order valence-corrected chi connectivity index (χ0v) is 9.83. The van der Waals surface area contributed by atoms with E-state index in [2.05, 4.69) is 13.0 Å². The average Bonchev–Trinajstić information content (AvgIpc) is 2.26. The number of aromatic hydroxyl groups is 1. The third kappa shape index (κ3) is 2.30. The lowest BCUT2D eigenvalue weighted by molar-refractivity contribution is 0.477. The lowest BCUT2D eigenvalue weighted by atomic mass is 10.0. The fourth-order valence-corrected chi connectivity index (χ4v) is 1.54. The van der Waals surface area contributed by atoms with Crippen LogP contribution < -0.4 is 0 Å². The summed E-state index contributed by atoms with van der Waals surface area (Å²) >= 11 is 0. The van der Waals surface area contributed by atoms with Gasteiger partial charge in [0.15, 0.2) is 0 Å². The van der Waals surface area contributed by atoms with E-state index in [1.54, 1.807) is 0 Å². The maximum Gasteiger partial charge on any atom is 0.126 e. The smallest absolute Gasteiger partial charge is 0.126 e. The fraction of sp³-hybridized carbons (Fsp3) is 0.286. The first kappa shape index (κ1) is 11.6. The first-order chi connectivity index (χ1) is 7.18. The molecule has 1 nitrogen and oxygen atoms in total. The lowest BCUT2D eigenvalue weighted by Crippen LogP contribution is -1.79. The van der Waals surface area contributed by atoms with Gasteiger partial charge < -0.3 is 5.11 Å². The van der Waals surface area contributed by atoms with Crippen molar-refractivity contribution in [2.75, 3.05) is 0 Å². The van der Waals surface area contributed by atoms with E-state index in [0.29, 0.717) is 5.75 Å². The monoisotopic (exact) mass is 202 g/mol. The van der Waals surface area contributed by atoms with E-state index >= 15 is 0 Å². The van der Waals surface area contributed by atoms with Crippen LogP contribution in [0.2, 0.25) is 0 Å². The second kappa shape index (κ2) is 4.83. The Balaban J connectivity index is 0.000000531. The highest BCUT2D eigenvalue weighted by atomic mass is 16.3. The van der Waals surface area contributed by atoms with Crippen LogP contribution >= 0.6 is 0 Å². The van der Waals surface area contributed by atoms with Gasteiger partial charge in [0.1, 0.15) is 5.75 Å². The van der Waals surface area contributed by atoms with Gasteiger partial charge in [0.05, 0.1) is 0 Å². The highest BCUT2D eigenvalue weighted by molar-refractivity contribution is 5.89. The van der Waals surface area contributed by atoms with Gasteiger partial charge in [-0.15, -0.1) is 0 Å². The summed E-state index contributed by atoms with van der Waals surface area (Å²) in [5.74, 6) is 0.400. The van der Waals surface area contributed by atoms with Crippen LogP contribution in [0.5, 0.6) is 5.75 Å². The molecule has 2 aromatic carbocycles. The molecule has 0 fully saturated rings. The molecule has 0 saturated heterocycles. The van der Waals surface area contributed by atoms with Crippen molar-refractivity contribution >= 4 is 10.8 Å². The van der Waals surface area contributed by atoms with Gasteiger partial charge in [-0.25, -0.2) is 0 Å². The average molecular weight is 202 g/mol. The van der Waals surface area contributed by atoms with Gasteiger partial charge in [-0.2, -0.15) is 0 Å². The van der Waals surface area contributed by atoms with Crippen LogP contribution in [-0.2, 0) is 0 Å². The number of hydrogen-bond acceptors (Lipinski definition) is 1. The Labute approximate surface area is 91.4 Å². The van der Waals surface area contributed by atoms with Gasteiger partial charge in [-0.1, -0.05) is 49.7 Å². The van der Waals surface area contributed by atoms with E-state index < -0.39 is 0 Å². The molecule has 0 bridgehead atoms. The summed E-state index contributed by atoms with van der Waals surface area (Å²) in [6.45, 7) is 7.96. The second-order valence-corrected chi connectivity index (χ2v) is 3.46. The summed E-state index contributed by atoms with van der Waals surface area (Å²) < 4.78 is 0. The quantitative estimate of drug-likeness (QED) is 0.679. The summed E-state index contributed by atoms with van der Waals surface area (Å²) in [5, 5.41) is 11.8. The SMILES string of the molecule is CC.Cc1ccc2c(O)c(C)ccc2c1. The van der Waals surface area contributed by atoms with E-state index in [1.165, 1.54) is 5.56 Å². The number of fused-ring (bicyclic) bond motifs is 1. The van der Waals surface area contributed by atoms with Crippen molar-refractivity contribution in [1.82, 2.24) is 0 Å². The number of phenols is 1. The second-order valence-electron chi connectivity index (χ2n) is 3.46. The molecule has 0 heterocycles. The molecule has 0 radical (unpaired) electrons. The van der Waals surface area contributed by atoms with Crippen LogP contribution in [0.4, 0.5) is 0 Å². The Bertz CT molecular complexity index is 458. The van der Waals surface area contributed by atoms with Crippen LogP contribution in [0.15, 0.2) is 30.3 Å². The van der Waals surface area contributed by atoms with Crippen LogP contribution in [0.3, 0.4) is 0 Å². The number of phenolic OH excluding ortho intramolecular Hbond substituents is 1. The molecule has 0 saturated carbocycles. The summed E-state index contributed by atoms with van der Waals surface area (Å²) in [7, 11) is 0. The van der Waals surface area contributed by atoms with E-state index in [4.69, 9.17) is 0 Å². The molecule has 15 heavy (non-hydrogen) atoms. The number of hydrogen-bond donors (Lipinski definition) is 1. The zero-order valence-electron chi connectivity index (χ0n) is 9.83. The minimum Gasteiger partial charge on any atom is -0.507 e. The summed E-state index contributed by atoms with van der Waals surface area (Å²) in [6, 6.07) is 10.0. The Kier molecular flexibility index (Phi) is 3.73. The fourth-order valence-electron chi connectivity index (χ4n) is 1.54. The normalized spacial score (nSPS) is 9.60. The van der Waals surface area contributed by atoms with E-state index in [1.807, 2.05) is 45.0 Å². The maximum atomic E-state index is 9.75. The predicted octanol–water partition coefficient (Wildman–Crippen LogP) is 4.19. The van der Waals surface area contributed by atoms with E-state index in [0.717, 1.165) is 16.3 Å². The van der Waals surface area contributed by atoms with Crippen LogP contribution in [0, 0.1) is 13.8 Å². The minimum atomic E-state index is 0.400. The van der Waals surface area contributed by atoms with E-state index in [9.17, 15) is 5.11 Å². The molecule has 0 aliphatic carbocycles. The van der Waals surface area contributed by atoms with Crippen molar-refractivity contribution in [3.8, 4) is 5.75 Å².